The minimum absolute atomic E-state index is 0.125. The van der Waals surface area contributed by atoms with Crippen LogP contribution < -0.4 is 15.9 Å². The maximum absolute atomic E-state index is 12.2. The van der Waals surface area contributed by atoms with E-state index in [1.54, 1.807) is 0 Å². The van der Waals surface area contributed by atoms with Crippen LogP contribution in [0.4, 0.5) is 18.9 Å². The van der Waals surface area contributed by atoms with Crippen molar-refractivity contribution in [2.45, 2.75) is 45.3 Å². The predicted molar refractivity (Wildman–Crippen MR) is 73.3 cm³/mol. The van der Waals surface area contributed by atoms with Crippen molar-refractivity contribution >= 4 is 18.3 Å². The minimum atomic E-state index is -4.78. The summed E-state index contributed by atoms with van der Waals surface area (Å²) in [5.74, 6) is -0.442. The fourth-order valence-electron chi connectivity index (χ4n) is 1.91. The molecule has 0 saturated carbocycles. The van der Waals surface area contributed by atoms with Crippen LogP contribution in [0.25, 0.3) is 0 Å². The van der Waals surface area contributed by atoms with Crippen molar-refractivity contribution in [3.8, 4) is 5.75 Å². The maximum atomic E-state index is 12.2. The van der Waals surface area contributed by atoms with Gasteiger partial charge in [0.25, 0.3) is 0 Å². The molecule has 1 aromatic carbocycles. The van der Waals surface area contributed by atoms with Crippen molar-refractivity contribution in [2.24, 2.45) is 0 Å². The molecule has 0 radical (unpaired) electrons. The van der Waals surface area contributed by atoms with E-state index in [0.717, 1.165) is 6.07 Å². The van der Waals surface area contributed by atoms with Gasteiger partial charge in [-0.2, -0.15) is 0 Å². The Morgan fingerprint density at radius 2 is 1.62 bits per heavy atom. The Balaban J connectivity index is 2.22. The number of ether oxygens (including phenoxy) is 1. The van der Waals surface area contributed by atoms with Gasteiger partial charge in [0.2, 0.25) is 0 Å². The molecular weight excluding hydrogens is 286 g/mol. The standard InChI is InChI=1S/C13H17BF3NO3/c1-11(2)12(3,4)21-14(20-11)8-5-6-10(9(18)7-8)19-13(15,16)17/h5-7H,18H2,1-4H3. The Morgan fingerprint density at radius 3 is 2.05 bits per heavy atom. The van der Waals surface area contributed by atoms with Crippen molar-refractivity contribution in [1.29, 1.82) is 0 Å². The molecule has 1 aliphatic heterocycles. The van der Waals surface area contributed by atoms with Crippen LogP contribution >= 0.6 is 0 Å². The van der Waals surface area contributed by atoms with Gasteiger partial charge in [-0.1, -0.05) is 6.07 Å². The molecular formula is C13H17BF3NO3. The summed E-state index contributed by atoms with van der Waals surface area (Å²) < 4.78 is 52.0. The molecule has 4 nitrogen and oxygen atoms in total. The number of nitrogens with two attached hydrogens (primary N) is 1. The fourth-order valence-corrected chi connectivity index (χ4v) is 1.91. The van der Waals surface area contributed by atoms with E-state index in [9.17, 15) is 13.2 Å². The first-order valence-electron chi connectivity index (χ1n) is 6.42. The second kappa shape index (κ2) is 4.81. The molecule has 1 saturated heterocycles. The molecule has 2 rings (SSSR count). The molecule has 1 heterocycles. The van der Waals surface area contributed by atoms with Gasteiger partial charge >= 0.3 is 13.5 Å². The molecule has 2 N–H and O–H groups in total. The molecule has 0 amide bonds. The van der Waals surface area contributed by atoms with Crippen molar-refractivity contribution in [3.63, 3.8) is 0 Å². The van der Waals surface area contributed by atoms with Crippen LogP contribution in [0.3, 0.4) is 0 Å². The van der Waals surface area contributed by atoms with Crippen LogP contribution in [-0.2, 0) is 9.31 Å². The average Bonchev–Trinajstić information content (AvgIpc) is 2.49. The van der Waals surface area contributed by atoms with Gasteiger partial charge in [-0.15, -0.1) is 13.2 Å². The van der Waals surface area contributed by atoms with E-state index in [-0.39, 0.29) is 5.69 Å². The first-order chi connectivity index (χ1) is 9.41. The third kappa shape index (κ3) is 3.27. The van der Waals surface area contributed by atoms with Crippen LogP contribution in [-0.4, -0.2) is 24.7 Å². The Morgan fingerprint density at radius 1 is 1.10 bits per heavy atom. The quantitative estimate of drug-likeness (QED) is 0.673. The van der Waals surface area contributed by atoms with Gasteiger partial charge in [-0.3, -0.25) is 0 Å². The van der Waals surface area contributed by atoms with Crippen molar-refractivity contribution < 1.29 is 27.2 Å². The summed E-state index contributed by atoms with van der Waals surface area (Å²) >= 11 is 0. The van der Waals surface area contributed by atoms with Crippen molar-refractivity contribution in [2.75, 3.05) is 5.73 Å². The summed E-state index contributed by atoms with van der Waals surface area (Å²) in [5.41, 5.74) is 4.94. The lowest BCUT2D eigenvalue weighted by atomic mass is 9.79. The number of rotatable bonds is 2. The SMILES string of the molecule is CC1(C)OB(c2ccc(OC(F)(F)F)c(N)c2)OC1(C)C. The van der Waals surface area contributed by atoms with Crippen LogP contribution in [0.5, 0.6) is 5.75 Å². The molecule has 0 atom stereocenters. The highest BCUT2D eigenvalue weighted by molar-refractivity contribution is 6.62. The van der Waals surface area contributed by atoms with Crippen molar-refractivity contribution in [1.82, 2.24) is 0 Å². The minimum Gasteiger partial charge on any atom is -0.404 e. The summed E-state index contributed by atoms with van der Waals surface area (Å²) in [6, 6.07) is 3.96. The fraction of sp³-hybridized carbons (Fsp3) is 0.538. The maximum Gasteiger partial charge on any atom is 0.573 e. The zero-order chi connectivity index (χ0) is 16.1. The zero-order valence-corrected chi connectivity index (χ0v) is 12.2. The predicted octanol–water partition coefficient (Wildman–Crippen LogP) is 2.47. The van der Waals surface area contributed by atoms with E-state index in [1.807, 2.05) is 27.7 Å². The van der Waals surface area contributed by atoms with Gasteiger partial charge in [-0.05, 0) is 45.3 Å². The first-order valence-corrected chi connectivity index (χ1v) is 6.42. The third-order valence-corrected chi connectivity index (χ3v) is 3.78. The molecule has 116 valence electrons. The molecule has 1 aliphatic rings. The number of anilines is 1. The molecule has 21 heavy (non-hydrogen) atoms. The number of alkyl halides is 3. The molecule has 0 spiro atoms. The summed E-state index contributed by atoms with van der Waals surface area (Å²) in [5, 5.41) is 0. The lowest BCUT2D eigenvalue weighted by molar-refractivity contribution is -0.274. The number of benzene rings is 1. The Labute approximate surface area is 121 Å². The number of hydrogen-bond donors (Lipinski definition) is 1. The molecule has 8 heteroatoms. The highest BCUT2D eigenvalue weighted by Gasteiger charge is 2.51. The normalized spacial score (nSPS) is 20.6. The van der Waals surface area contributed by atoms with E-state index in [1.165, 1.54) is 12.1 Å². The molecule has 0 aliphatic carbocycles. The van der Waals surface area contributed by atoms with Gasteiger partial charge in [0, 0.05) is 0 Å². The third-order valence-electron chi connectivity index (χ3n) is 3.78. The first kappa shape index (κ1) is 16.0. The molecule has 0 aromatic heterocycles. The highest BCUT2D eigenvalue weighted by Crippen LogP contribution is 2.37. The van der Waals surface area contributed by atoms with Gasteiger partial charge in [0.15, 0.2) is 5.75 Å². The van der Waals surface area contributed by atoms with Crippen LogP contribution in [0, 0.1) is 0 Å². The Kier molecular flexibility index (Phi) is 3.66. The smallest absolute Gasteiger partial charge is 0.404 e. The monoisotopic (exact) mass is 303 g/mol. The molecule has 1 fully saturated rings. The van der Waals surface area contributed by atoms with E-state index < -0.39 is 30.4 Å². The van der Waals surface area contributed by atoms with E-state index in [2.05, 4.69) is 4.74 Å². The van der Waals surface area contributed by atoms with E-state index in [0.29, 0.717) is 5.46 Å². The average molecular weight is 303 g/mol. The van der Waals surface area contributed by atoms with Crippen LogP contribution in [0.2, 0.25) is 0 Å². The van der Waals surface area contributed by atoms with Gasteiger partial charge in [0.05, 0.1) is 16.9 Å². The largest absolute Gasteiger partial charge is 0.573 e. The summed E-state index contributed by atoms with van der Waals surface area (Å²) in [7, 11) is -0.683. The number of hydrogen-bond acceptors (Lipinski definition) is 4. The molecule has 0 unspecified atom stereocenters. The number of nitrogen functional groups attached to an aromatic ring is 1. The summed E-state index contributed by atoms with van der Waals surface area (Å²) in [4.78, 5) is 0. The van der Waals surface area contributed by atoms with E-state index >= 15 is 0 Å². The summed E-state index contributed by atoms with van der Waals surface area (Å²) in [6.45, 7) is 7.55. The van der Waals surface area contributed by atoms with Gasteiger partial charge in [0.1, 0.15) is 0 Å². The Bertz CT molecular complexity index is 530. The highest BCUT2D eigenvalue weighted by atomic mass is 19.4. The van der Waals surface area contributed by atoms with Crippen molar-refractivity contribution in [3.05, 3.63) is 18.2 Å². The molecule has 1 aromatic rings. The van der Waals surface area contributed by atoms with Gasteiger partial charge < -0.3 is 19.8 Å². The molecule has 0 bridgehead atoms. The number of halogens is 3. The summed E-state index contributed by atoms with van der Waals surface area (Å²) in [6.07, 6.45) is -4.78. The van der Waals surface area contributed by atoms with Crippen LogP contribution in [0.1, 0.15) is 27.7 Å². The second-order valence-corrected chi connectivity index (χ2v) is 5.93. The topological polar surface area (TPSA) is 53.7 Å². The second-order valence-electron chi connectivity index (χ2n) is 5.93. The lowest BCUT2D eigenvalue weighted by Crippen LogP contribution is -2.41. The zero-order valence-electron chi connectivity index (χ0n) is 12.2. The van der Waals surface area contributed by atoms with Crippen LogP contribution in [0.15, 0.2) is 18.2 Å². The van der Waals surface area contributed by atoms with Gasteiger partial charge in [-0.25, -0.2) is 0 Å². The Hall–Kier alpha value is -1.41. The van der Waals surface area contributed by atoms with E-state index in [4.69, 9.17) is 15.0 Å². The lowest BCUT2D eigenvalue weighted by Gasteiger charge is -2.32.